The van der Waals surface area contributed by atoms with Gasteiger partial charge in [0.2, 0.25) is 0 Å². The quantitative estimate of drug-likeness (QED) is 0.546. The molecule has 2 heteroatoms. The summed E-state index contributed by atoms with van der Waals surface area (Å²) < 4.78 is 5.59. The first-order valence-corrected chi connectivity index (χ1v) is 9.80. The molecule has 3 atom stereocenters. The second kappa shape index (κ2) is 9.86. The zero-order valence-electron chi connectivity index (χ0n) is 15.7. The number of ether oxygens (including phenoxy) is 1. The minimum atomic E-state index is -0.0169. The predicted octanol–water partition coefficient (Wildman–Crippen LogP) is 6.00. The van der Waals surface area contributed by atoms with Crippen molar-refractivity contribution in [2.75, 3.05) is 0 Å². The van der Waals surface area contributed by atoms with E-state index in [1.54, 1.807) is 0 Å². The van der Waals surface area contributed by atoms with Gasteiger partial charge < -0.3 is 4.74 Å². The van der Waals surface area contributed by atoms with Crippen molar-refractivity contribution in [2.45, 2.75) is 72.3 Å². The molecule has 1 aromatic carbocycles. The van der Waals surface area contributed by atoms with Crippen molar-refractivity contribution >= 4 is 5.97 Å². The summed E-state index contributed by atoms with van der Waals surface area (Å²) in [5.74, 6) is 2.09. The third kappa shape index (κ3) is 5.96. The molecule has 24 heavy (non-hydrogen) atoms. The van der Waals surface area contributed by atoms with Crippen LogP contribution in [-0.2, 0) is 16.1 Å². The first-order valence-electron chi connectivity index (χ1n) is 9.80. The van der Waals surface area contributed by atoms with Crippen LogP contribution < -0.4 is 0 Å². The molecule has 0 amide bonds. The van der Waals surface area contributed by atoms with Gasteiger partial charge in [-0.25, -0.2) is 0 Å². The molecule has 0 aliphatic heterocycles. The molecule has 1 aliphatic carbocycles. The Balaban J connectivity index is 1.81. The SMILES string of the molecule is CCC1CCCC(CCC(C(=O)OCc2ccccc2)C(C)C)C1. The van der Waals surface area contributed by atoms with Gasteiger partial charge in [-0.1, -0.05) is 76.8 Å². The van der Waals surface area contributed by atoms with Crippen molar-refractivity contribution in [2.24, 2.45) is 23.7 Å². The van der Waals surface area contributed by atoms with Crippen LogP contribution in [0.4, 0.5) is 0 Å². The van der Waals surface area contributed by atoms with Crippen molar-refractivity contribution in [3.63, 3.8) is 0 Å². The van der Waals surface area contributed by atoms with Gasteiger partial charge in [-0.05, 0) is 42.6 Å². The lowest BCUT2D eigenvalue weighted by Gasteiger charge is -2.30. The summed E-state index contributed by atoms with van der Waals surface area (Å²) in [6.45, 7) is 6.99. The molecular weight excluding hydrogens is 296 g/mol. The fourth-order valence-corrected chi connectivity index (χ4v) is 4.01. The maximum absolute atomic E-state index is 12.5. The van der Waals surface area contributed by atoms with Crippen molar-refractivity contribution in [1.82, 2.24) is 0 Å². The summed E-state index contributed by atoms with van der Waals surface area (Å²) in [6.07, 6.45) is 8.95. The van der Waals surface area contributed by atoms with Gasteiger partial charge in [-0.3, -0.25) is 4.79 Å². The molecule has 0 saturated heterocycles. The monoisotopic (exact) mass is 330 g/mol. The first kappa shape index (κ1) is 19.0. The summed E-state index contributed by atoms with van der Waals surface area (Å²) in [5, 5.41) is 0. The Bertz CT molecular complexity index is 480. The van der Waals surface area contributed by atoms with E-state index in [-0.39, 0.29) is 11.9 Å². The normalized spacial score (nSPS) is 22.3. The fourth-order valence-electron chi connectivity index (χ4n) is 4.01. The molecule has 1 aliphatic rings. The van der Waals surface area contributed by atoms with Crippen LogP contribution in [0.5, 0.6) is 0 Å². The van der Waals surface area contributed by atoms with Gasteiger partial charge in [-0.15, -0.1) is 0 Å². The lowest BCUT2D eigenvalue weighted by Crippen LogP contribution is -2.24. The number of esters is 1. The molecular formula is C22H34O2. The smallest absolute Gasteiger partial charge is 0.309 e. The molecule has 0 bridgehead atoms. The van der Waals surface area contributed by atoms with Gasteiger partial charge in [0.1, 0.15) is 6.61 Å². The summed E-state index contributed by atoms with van der Waals surface area (Å²) in [7, 11) is 0. The van der Waals surface area contributed by atoms with Crippen molar-refractivity contribution in [3.05, 3.63) is 35.9 Å². The molecule has 0 aromatic heterocycles. The van der Waals surface area contributed by atoms with Crippen molar-refractivity contribution in [1.29, 1.82) is 0 Å². The zero-order chi connectivity index (χ0) is 17.4. The maximum Gasteiger partial charge on any atom is 0.309 e. The van der Waals surface area contributed by atoms with Crippen LogP contribution in [0.25, 0.3) is 0 Å². The number of benzene rings is 1. The first-order chi connectivity index (χ1) is 11.6. The van der Waals surface area contributed by atoms with E-state index in [9.17, 15) is 4.79 Å². The Morgan fingerprint density at radius 2 is 1.88 bits per heavy atom. The van der Waals surface area contributed by atoms with Crippen LogP contribution in [0.2, 0.25) is 0 Å². The van der Waals surface area contributed by atoms with Crippen LogP contribution in [0.3, 0.4) is 0 Å². The third-order valence-corrected chi connectivity index (χ3v) is 5.69. The minimum Gasteiger partial charge on any atom is -0.461 e. The number of carbonyl (C=O) groups is 1. The van der Waals surface area contributed by atoms with E-state index < -0.39 is 0 Å². The van der Waals surface area contributed by atoms with E-state index in [1.165, 1.54) is 38.5 Å². The summed E-state index contributed by atoms with van der Waals surface area (Å²) in [5.41, 5.74) is 1.06. The molecule has 0 radical (unpaired) electrons. The standard InChI is InChI=1S/C22H34O2/c1-4-18-11-8-12-19(15-18)13-14-21(17(2)3)22(23)24-16-20-9-6-5-7-10-20/h5-7,9-10,17-19,21H,4,8,11-16H2,1-3H3. The number of rotatable bonds is 8. The van der Waals surface area contributed by atoms with Gasteiger partial charge in [-0.2, -0.15) is 0 Å². The number of hydrogen-bond acceptors (Lipinski definition) is 2. The van der Waals surface area contributed by atoms with Crippen LogP contribution in [0.1, 0.15) is 71.3 Å². The molecule has 1 aromatic rings. The Morgan fingerprint density at radius 1 is 1.17 bits per heavy atom. The fraction of sp³-hybridized carbons (Fsp3) is 0.682. The Morgan fingerprint density at radius 3 is 2.54 bits per heavy atom. The number of hydrogen-bond donors (Lipinski definition) is 0. The van der Waals surface area contributed by atoms with Gasteiger partial charge in [0.05, 0.1) is 5.92 Å². The second-order valence-corrected chi connectivity index (χ2v) is 7.83. The van der Waals surface area contributed by atoms with Crippen molar-refractivity contribution in [3.8, 4) is 0 Å². The molecule has 3 unspecified atom stereocenters. The molecule has 2 rings (SSSR count). The minimum absolute atomic E-state index is 0.0169. The molecule has 0 N–H and O–H groups in total. The molecule has 2 nitrogen and oxygen atoms in total. The Hall–Kier alpha value is -1.31. The van der Waals surface area contributed by atoms with Gasteiger partial charge in [0.25, 0.3) is 0 Å². The molecule has 134 valence electrons. The molecule has 0 spiro atoms. The van der Waals surface area contributed by atoms with E-state index in [0.717, 1.165) is 23.8 Å². The van der Waals surface area contributed by atoms with E-state index >= 15 is 0 Å². The second-order valence-electron chi connectivity index (χ2n) is 7.83. The van der Waals surface area contributed by atoms with E-state index in [2.05, 4.69) is 20.8 Å². The molecule has 1 fully saturated rings. The third-order valence-electron chi connectivity index (χ3n) is 5.69. The highest BCUT2D eigenvalue weighted by molar-refractivity contribution is 5.72. The Labute approximate surface area is 148 Å². The van der Waals surface area contributed by atoms with Crippen LogP contribution in [0.15, 0.2) is 30.3 Å². The lowest BCUT2D eigenvalue weighted by atomic mass is 9.76. The highest BCUT2D eigenvalue weighted by Gasteiger charge is 2.27. The highest BCUT2D eigenvalue weighted by atomic mass is 16.5. The van der Waals surface area contributed by atoms with Crippen LogP contribution >= 0.6 is 0 Å². The van der Waals surface area contributed by atoms with Crippen molar-refractivity contribution < 1.29 is 9.53 Å². The molecule has 1 saturated carbocycles. The van der Waals surface area contributed by atoms with E-state index in [4.69, 9.17) is 4.74 Å². The maximum atomic E-state index is 12.5. The van der Waals surface area contributed by atoms with Gasteiger partial charge in [0, 0.05) is 0 Å². The summed E-state index contributed by atoms with van der Waals surface area (Å²) in [6, 6.07) is 9.96. The molecule has 0 heterocycles. The average molecular weight is 331 g/mol. The summed E-state index contributed by atoms with van der Waals surface area (Å²) in [4.78, 5) is 12.5. The van der Waals surface area contributed by atoms with Crippen LogP contribution in [-0.4, -0.2) is 5.97 Å². The van der Waals surface area contributed by atoms with Crippen LogP contribution in [0, 0.1) is 23.7 Å². The zero-order valence-corrected chi connectivity index (χ0v) is 15.7. The predicted molar refractivity (Wildman–Crippen MR) is 99.5 cm³/mol. The number of carbonyl (C=O) groups excluding carboxylic acids is 1. The van der Waals surface area contributed by atoms with Gasteiger partial charge in [0.15, 0.2) is 0 Å². The van der Waals surface area contributed by atoms with E-state index in [0.29, 0.717) is 12.5 Å². The van der Waals surface area contributed by atoms with E-state index in [1.807, 2.05) is 30.3 Å². The summed E-state index contributed by atoms with van der Waals surface area (Å²) >= 11 is 0. The average Bonchev–Trinajstić information content (AvgIpc) is 2.61. The topological polar surface area (TPSA) is 26.3 Å². The lowest BCUT2D eigenvalue weighted by molar-refractivity contribution is -0.152. The van der Waals surface area contributed by atoms with Gasteiger partial charge >= 0.3 is 5.97 Å². The largest absolute Gasteiger partial charge is 0.461 e. The highest BCUT2D eigenvalue weighted by Crippen LogP contribution is 2.35. The Kier molecular flexibility index (Phi) is 7.81.